The van der Waals surface area contributed by atoms with Crippen LogP contribution < -0.4 is 10.6 Å². The van der Waals surface area contributed by atoms with Crippen molar-refractivity contribution in [1.82, 2.24) is 25.1 Å². The summed E-state index contributed by atoms with van der Waals surface area (Å²) in [4.78, 5) is 22.9. The number of carbonyl (C=O) groups excluding carboxylic acids is 1. The number of carbonyl (C=O) groups is 1. The fraction of sp³-hybridized carbons (Fsp3) is 0.706. The largest absolute Gasteiger partial charge is 0.357 e. The minimum absolute atomic E-state index is 0. The number of nitrogens with one attached hydrogen (secondary N) is 2. The Balaban J connectivity index is 0.00000225. The molecular formula is C17H29IN6O. The first-order valence-corrected chi connectivity index (χ1v) is 8.97. The summed E-state index contributed by atoms with van der Waals surface area (Å²) in [5.41, 5.74) is 0. The molecule has 2 fully saturated rings. The SMILES string of the molecule is CCNC(=NCC(=O)NC1CC1)N1CCC(C)C(n2ccnc2)C1.I. The van der Waals surface area contributed by atoms with Crippen molar-refractivity contribution < 1.29 is 4.79 Å². The summed E-state index contributed by atoms with van der Waals surface area (Å²) in [7, 11) is 0. The van der Waals surface area contributed by atoms with Crippen LogP contribution in [0.4, 0.5) is 0 Å². The summed E-state index contributed by atoms with van der Waals surface area (Å²) in [6, 6.07) is 0.766. The van der Waals surface area contributed by atoms with Gasteiger partial charge in [-0.3, -0.25) is 4.79 Å². The molecule has 1 aliphatic carbocycles. The number of amides is 1. The Morgan fingerprint density at radius 2 is 2.16 bits per heavy atom. The third kappa shape index (κ3) is 5.58. The van der Waals surface area contributed by atoms with Crippen LogP contribution in [0.15, 0.2) is 23.7 Å². The minimum atomic E-state index is 0. The first-order valence-electron chi connectivity index (χ1n) is 8.97. The van der Waals surface area contributed by atoms with Crippen molar-refractivity contribution >= 4 is 35.8 Å². The molecule has 1 amide bonds. The van der Waals surface area contributed by atoms with Crippen LogP contribution in [0.2, 0.25) is 0 Å². The molecule has 1 saturated carbocycles. The molecule has 2 N–H and O–H groups in total. The van der Waals surface area contributed by atoms with E-state index in [1.54, 1.807) is 0 Å². The highest BCUT2D eigenvalue weighted by Gasteiger charge is 2.29. The molecule has 1 aromatic rings. The quantitative estimate of drug-likeness (QED) is 0.398. The fourth-order valence-electron chi connectivity index (χ4n) is 3.17. The molecule has 2 atom stereocenters. The molecule has 140 valence electrons. The van der Waals surface area contributed by atoms with E-state index in [2.05, 4.69) is 43.9 Å². The van der Waals surface area contributed by atoms with E-state index in [0.29, 0.717) is 18.0 Å². The van der Waals surface area contributed by atoms with Gasteiger partial charge in [-0.05, 0) is 32.1 Å². The number of aliphatic imine (C=N–C) groups is 1. The Morgan fingerprint density at radius 3 is 2.80 bits per heavy atom. The molecule has 0 aromatic carbocycles. The minimum Gasteiger partial charge on any atom is -0.357 e. The number of nitrogens with zero attached hydrogens (tertiary/aromatic N) is 4. The third-order valence-corrected chi connectivity index (χ3v) is 4.78. The molecule has 8 heteroatoms. The topological polar surface area (TPSA) is 74.6 Å². The number of guanidine groups is 1. The maximum Gasteiger partial charge on any atom is 0.242 e. The Labute approximate surface area is 166 Å². The van der Waals surface area contributed by atoms with Crippen LogP contribution in [-0.4, -0.2) is 58.5 Å². The molecule has 2 unspecified atom stereocenters. The molecule has 0 radical (unpaired) electrons. The van der Waals surface area contributed by atoms with Gasteiger partial charge < -0.3 is 20.1 Å². The van der Waals surface area contributed by atoms with Crippen molar-refractivity contribution in [2.24, 2.45) is 10.9 Å². The van der Waals surface area contributed by atoms with Crippen LogP contribution in [0.5, 0.6) is 0 Å². The van der Waals surface area contributed by atoms with Crippen LogP contribution in [0.25, 0.3) is 0 Å². The number of piperidine rings is 1. The van der Waals surface area contributed by atoms with Gasteiger partial charge in [0.05, 0.1) is 12.4 Å². The van der Waals surface area contributed by atoms with Crippen LogP contribution in [0.3, 0.4) is 0 Å². The lowest BCUT2D eigenvalue weighted by molar-refractivity contribution is -0.119. The predicted molar refractivity (Wildman–Crippen MR) is 109 cm³/mol. The fourth-order valence-corrected chi connectivity index (χ4v) is 3.17. The molecular weight excluding hydrogens is 431 g/mol. The summed E-state index contributed by atoms with van der Waals surface area (Å²) in [6.45, 7) is 7.18. The summed E-state index contributed by atoms with van der Waals surface area (Å²) in [5, 5.41) is 6.32. The zero-order valence-electron chi connectivity index (χ0n) is 15.0. The Morgan fingerprint density at radius 1 is 1.36 bits per heavy atom. The van der Waals surface area contributed by atoms with Crippen molar-refractivity contribution in [3.63, 3.8) is 0 Å². The van der Waals surface area contributed by atoms with Gasteiger partial charge in [-0.2, -0.15) is 0 Å². The summed E-state index contributed by atoms with van der Waals surface area (Å²) >= 11 is 0. The van der Waals surface area contributed by atoms with E-state index in [1.165, 1.54) is 0 Å². The monoisotopic (exact) mass is 460 g/mol. The molecule has 3 rings (SSSR count). The molecule has 1 aliphatic heterocycles. The van der Waals surface area contributed by atoms with Gasteiger partial charge in [-0.1, -0.05) is 6.92 Å². The lowest BCUT2D eigenvalue weighted by Gasteiger charge is -2.39. The maximum atomic E-state index is 11.9. The van der Waals surface area contributed by atoms with E-state index in [4.69, 9.17) is 0 Å². The zero-order chi connectivity index (χ0) is 16.9. The average Bonchev–Trinajstić information content (AvgIpc) is 3.22. The molecule has 0 spiro atoms. The predicted octanol–water partition coefficient (Wildman–Crippen LogP) is 1.63. The van der Waals surface area contributed by atoms with E-state index in [0.717, 1.165) is 44.9 Å². The van der Waals surface area contributed by atoms with E-state index < -0.39 is 0 Å². The highest BCUT2D eigenvalue weighted by atomic mass is 127. The van der Waals surface area contributed by atoms with Crippen LogP contribution in [0.1, 0.15) is 39.2 Å². The Bertz CT molecular complexity index is 572. The molecule has 2 heterocycles. The van der Waals surface area contributed by atoms with Crippen LogP contribution in [0, 0.1) is 5.92 Å². The lowest BCUT2D eigenvalue weighted by Crippen LogP contribution is -2.49. The summed E-state index contributed by atoms with van der Waals surface area (Å²) in [5.74, 6) is 1.45. The van der Waals surface area contributed by atoms with Gasteiger partial charge >= 0.3 is 0 Å². The van der Waals surface area contributed by atoms with Crippen molar-refractivity contribution in [1.29, 1.82) is 0 Å². The number of hydrogen-bond donors (Lipinski definition) is 2. The second-order valence-electron chi connectivity index (χ2n) is 6.80. The van der Waals surface area contributed by atoms with E-state index in [-0.39, 0.29) is 36.4 Å². The number of hydrogen-bond acceptors (Lipinski definition) is 3. The van der Waals surface area contributed by atoms with Gasteiger partial charge in [0, 0.05) is 38.1 Å². The number of halogens is 1. The van der Waals surface area contributed by atoms with Crippen molar-refractivity contribution in [2.75, 3.05) is 26.2 Å². The highest BCUT2D eigenvalue weighted by molar-refractivity contribution is 14.0. The van der Waals surface area contributed by atoms with Gasteiger partial charge in [-0.15, -0.1) is 24.0 Å². The Kier molecular flexibility index (Phi) is 7.52. The van der Waals surface area contributed by atoms with E-state index in [9.17, 15) is 4.79 Å². The van der Waals surface area contributed by atoms with Gasteiger partial charge in [0.1, 0.15) is 6.54 Å². The molecule has 0 bridgehead atoms. The van der Waals surface area contributed by atoms with Crippen LogP contribution >= 0.6 is 24.0 Å². The first kappa shape index (κ1) is 20.0. The normalized spacial score (nSPS) is 23.8. The van der Waals surface area contributed by atoms with E-state index in [1.807, 2.05) is 18.7 Å². The van der Waals surface area contributed by atoms with Gasteiger partial charge in [0.15, 0.2) is 5.96 Å². The average molecular weight is 460 g/mol. The zero-order valence-corrected chi connectivity index (χ0v) is 17.3. The first-order chi connectivity index (χ1) is 11.7. The second-order valence-corrected chi connectivity index (χ2v) is 6.80. The number of aromatic nitrogens is 2. The number of imidazole rings is 1. The van der Waals surface area contributed by atoms with Gasteiger partial charge in [0.2, 0.25) is 5.91 Å². The van der Waals surface area contributed by atoms with Gasteiger partial charge in [-0.25, -0.2) is 9.98 Å². The maximum absolute atomic E-state index is 11.9. The Hall–Kier alpha value is -1.32. The lowest BCUT2D eigenvalue weighted by atomic mass is 9.93. The highest BCUT2D eigenvalue weighted by Crippen LogP contribution is 2.27. The summed E-state index contributed by atoms with van der Waals surface area (Å²) in [6.07, 6.45) is 9.04. The molecule has 2 aliphatic rings. The van der Waals surface area contributed by atoms with Crippen LogP contribution in [-0.2, 0) is 4.79 Å². The number of rotatable bonds is 5. The number of likely N-dealkylation sites (tertiary alicyclic amines) is 1. The summed E-state index contributed by atoms with van der Waals surface area (Å²) < 4.78 is 2.18. The van der Waals surface area contributed by atoms with Crippen molar-refractivity contribution in [3.8, 4) is 0 Å². The molecule has 1 saturated heterocycles. The van der Waals surface area contributed by atoms with E-state index >= 15 is 0 Å². The molecule has 1 aromatic heterocycles. The molecule has 25 heavy (non-hydrogen) atoms. The third-order valence-electron chi connectivity index (χ3n) is 4.78. The molecule has 7 nitrogen and oxygen atoms in total. The smallest absolute Gasteiger partial charge is 0.242 e. The standard InChI is InChI=1S/C17H28N6O.HI/c1-3-19-17(20-10-16(24)21-14-4-5-14)22-8-6-13(2)15(11-22)23-9-7-18-12-23;/h7,9,12-15H,3-6,8,10-11H2,1-2H3,(H,19,20)(H,21,24);1H. The van der Waals surface area contributed by atoms with Gasteiger partial charge in [0.25, 0.3) is 0 Å². The van der Waals surface area contributed by atoms with Crippen molar-refractivity contribution in [2.45, 2.75) is 45.2 Å². The second kappa shape index (κ2) is 9.40. The van der Waals surface area contributed by atoms with Crippen molar-refractivity contribution in [3.05, 3.63) is 18.7 Å².